The van der Waals surface area contributed by atoms with Crippen molar-refractivity contribution in [2.45, 2.75) is 6.42 Å². The second-order valence-corrected chi connectivity index (χ2v) is 7.34. The summed E-state index contributed by atoms with van der Waals surface area (Å²) in [4.78, 5) is 33.2. The van der Waals surface area contributed by atoms with Crippen molar-refractivity contribution in [1.29, 1.82) is 0 Å². The maximum Gasteiger partial charge on any atom is 0.267 e. The van der Waals surface area contributed by atoms with Crippen LogP contribution in [0.3, 0.4) is 0 Å². The van der Waals surface area contributed by atoms with Gasteiger partial charge in [-0.15, -0.1) is 0 Å². The number of fused-ring (bicyclic) bond motifs is 2. The third-order valence-electron chi connectivity index (χ3n) is 4.89. The predicted molar refractivity (Wildman–Crippen MR) is 116 cm³/mol. The average Bonchev–Trinajstić information content (AvgIpc) is 3.23. The lowest BCUT2D eigenvalue weighted by Crippen LogP contribution is -2.26. The van der Waals surface area contributed by atoms with Crippen molar-refractivity contribution in [2.75, 3.05) is 11.9 Å². The SMILES string of the molecule is O=c1c2c(Cl)cccc2nc(CCNc2ncnc3nc[nH]c23)n1-c1cc(F)cc(F)c1. The molecule has 32 heavy (non-hydrogen) atoms. The Kier molecular flexibility index (Phi) is 4.98. The van der Waals surface area contributed by atoms with E-state index < -0.39 is 17.2 Å². The van der Waals surface area contributed by atoms with Crippen LogP contribution < -0.4 is 10.9 Å². The Labute approximate surface area is 184 Å². The van der Waals surface area contributed by atoms with Crippen LogP contribution in [0.25, 0.3) is 27.8 Å². The standard InChI is InChI=1S/C21H14ClF2N7O/c22-14-2-1-3-15-17(14)21(32)31(13-7-11(23)6-12(24)8-13)16(30-15)4-5-25-19-18-20(27-9-26-18)29-10-28-19/h1-3,6-10H,4-5H2,(H2,25,26,27,28,29). The van der Waals surface area contributed by atoms with Gasteiger partial charge in [-0.25, -0.2) is 28.7 Å². The van der Waals surface area contributed by atoms with Crippen LogP contribution in [0.1, 0.15) is 5.82 Å². The van der Waals surface area contributed by atoms with Gasteiger partial charge >= 0.3 is 0 Å². The second-order valence-electron chi connectivity index (χ2n) is 6.93. The molecule has 2 N–H and O–H groups in total. The van der Waals surface area contributed by atoms with E-state index in [-0.39, 0.29) is 22.5 Å². The summed E-state index contributed by atoms with van der Waals surface area (Å²) in [5.41, 5.74) is 1.04. The van der Waals surface area contributed by atoms with Crippen molar-refractivity contribution in [2.24, 2.45) is 0 Å². The van der Waals surface area contributed by atoms with Crippen LogP contribution in [0.5, 0.6) is 0 Å². The first kappa shape index (κ1) is 20.0. The minimum absolute atomic E-state index is 0.0230. The number of aromatic amines is 1. The van der Waals surface area contributed by atoms with E-state index in [1.165, 1.54) is 17.2 Å². The highest BCUT2D eigenvalue weighted by molar-refractivity contribution is 6.35. The van der Waals surface area contributed by atoms with E-state index in [1.54, 1.807) is 18.2 Å². The first-order chi connectivity index (χ1) is 15.5. The first-order valence-electron chi connectivity index (χ1n) is 9.56. The molecule has 0 amide bonds. The number of halogens is 3. The lowest BCUT2D eigenvalue weighted by atomic mass is 10.2. The van der Waals surface area contributed by atoms with Gasteiger partial charge in [0, 0.05) is 19.0 Å². The number of rotatable bonds is 5. The molecule has 0 aliphatic heterocycles. The lowest BCUT2D eigenvalue weighted by Gasteiger charge is -2.15. The number of hydrogen-bond donors (Lipinski definition) is 2. The van der Waals surface area contributed by atoms with Crippen molar-refractivity contribution in [3.8, 4) is 5.69 Å². The van der Waals surface area contributed by atoms with E-state index in [0.29, 0.717) is 34.9 Å². The Balaban J connectivity index is 1.58. The summed E-state index contributed by atoms with van der Waals surface area (Å²) in [5, 5.41) is 3.53. The molecule has 5 rings (SSSR count). The molecule has 2 aromatic carbocycles. The van der Waals surface area contributed by atoms with Crippen LogP contribution in [0.2, 0.25) is 5.02 Å². The largest absolute Gasteiger partial charge is 0.368 e. The Morgan fingerprint density at radius 2 is 1.91 bits per heavy atom. The van der Waals surface area contributed by atoms with Crippen molar-refractivity contribution in [3.05, 3.63) is 81.9 Å². The number of imidazole rings is 1. The van der Waals surface area contributed by atoms with Gasteiger partial charge in [-0.2, -0.15) is 0 Å². The zero-order valence-corrected chi connectivity index (χ0v) is 17.1. The van der Waals surface area contributed by atoms with Gasteiger partial charge in [0.1, 0.15) is 29.3 Å². The molecule has 3 aromatic heterocycles. The molecule has 5 aromatic rings. The predicted octanol–water partition coefficient (Wildman–Crippen LogP) is 3.64. The zero-order chi connectivity index (χ0) is 22.2. The topological polar surface area (TPSA) is 101 Å². The van der Waals surface area contributed by atoms with Crippen LogP contribution >= 0.6 is 11.6 Å². The van der Waals surface area contributed by atoms with Crippen LogP contribution in [0.4, 0.5) is 14.6 Å². The van der Waals surface area contributed by atoms with Crippen molar-refractivity contribution >= 4 is 39.5 Å². The number of aromatic nitrogens is 6. The summed E-state index contributed by atoms with van der Waals surface area (Å²) in [6.45, 7) is 0.321. The van der Waals surface area contributed by atoms with Crippen LogP contribution in [-0.2, 0) is 6.42 Å². The zero-order valence-electron chi connectivity index (χ0n) is 16.3. The van der Waals surface area contributed by atoms with Gasteiger partial charge in [-0.05, 0) is 24.3 Å². The molecular weight excluding hydrogens is 440 g/mol. The lowest BCUT2D eigenvalue weighted by molar-refractivity contribution is 0.580. The molecule has 0 saturated carbocycles. The van der Waals surface area contributed by atoms with Crippen LogP contribution in [0.15, 0.2) is 53.8 Å². The molecule has 0 spiro atoms. The van der Waals surface area contributed by atoms with Gasteiger partial charge in [0.2, 0.25) is 0 Å². The van der Waals surface area contributed by atoms with Crippen LogP contribution in [0, 0.1) is 11.6 Å². The summed E-state index contributed by atoms with van der Waals surface area (Å²) >= 11 is 6.23. The molecule has 0 atom stereocenters. The maximum absolute atomic E-state index is 13.9. The quantitative estimate of drug-likeness (QED) is 0.421. The third-order valence-corrected chi connectivity index (χ3v) is 5.20. The molecule has 0 saturated heterocycles. The third kappa shape index (κ3) is 3.54. The normalized spacial score (nSPS) is 11.3. The van der Waals surface area contributed by atoms with Gasteiger partial charge in [0.25, 0.3) is 5.56 Å². The van der Waals surface area contributed by atoms with Gasteiger partial charge in [0.05, 0.1) is 27.9 Å². The minimum atomic E-state index is -0.808. The molecule has 0 aliphatic carbocycles. The second kappa shape index (κ2) is 7.97. The van der Waals surface area contributed by atoms with Crippen LogP contribution in [-0.4, -0.2) is 36.0 Å². The summed E-state index contributed by atoms with van der Waals surface area (Å²) in [5.74, 6) is -0.782. The van der Waals surface area contributed by atoms with Gasteiger partial charge in [0.15, 0.2) is 11.5 Å². The van der Waals surface area contributed by atoms with Gasteiger partial charge in [-0.1, -0.05) is 17.7 Å². The number of nitrogens with zero attached hydrogens (tertiary/aromatic N) is 5. The van der Waals surface area contributed by atoms with Crippen molar-refractivity contribution < 1.29 is 8.78 Å². The van der Waals surface area contributed by atoms with E-state index in [1.807, 2.05) is 0 Å². The highest BCUT2D eigenvalue weighted by Crippen LogP contribution is 2.22. The number of benzene rings is 2. The Morgan fingerprint density at radius 3 is 2.72 bits per heavy atom. The number of anilines is 1. The van der Waals surface area contributed by atoms with Crippen molar-refractivity contribution in [1.82, 2.24) is 29.5 Å². The Morgan fingerprint density at radius 1 is 1.09 bits per heavy atom. The van der Waals surface area contributed by atoms with E-state index >= 15 is 0 Å². The minimum Gasteiger partial charge on any atom is -0.368 e. The monoisotopic (exact) mass is 453 g/mol. The fraction of sp³-hybridized carbons (Fsp3) is 0.0952. The number of nitrogens with one attached hydrogen (secondary N) is 2. The van der Waals surface area contributed by atoms with Gasteiger partial charge in [-0.3, -0.25) is 9.36 Å². The van der Waals surface area contributed by atoms with E-state index in [4.69, 9.17) is 11.6 Å². The fourth-order valence-corrected chi connectivity index (χ4v) is 3.78. The molecule has 160 valence electrons. The molecule has 11 heteroatoms. The van der Waals surface area contributed by atoms with E-state index in [0.717, 1.165) is 18.2 Å². The highest BCUT2D eigenvalue weighted by Gasteiger charge is 2.16. The van der Waals surface area contributed by atoms with Crippen molar-refractivity contribution in [3.63, 3.8) is 0 Å². The molecule has 0 radical (unpaired) electrons. The number of H-pyrrole nitrogens is 1. The Hall–Kier alpha value is -3.92. The summed E-state index contributed by atoms with van der Waals surface area (Å²) in [6, 6.07) is 7.79. The first-order valence-corrected chi connectivity index (χ1v) is 9.93. The molecule has 8 nitrogen and oxygen atoms in total. The summed E-state index contributed by atoms with van der Waals surface area (Å²) in [7, 11) is 0. The highest BCUT2D eigenvalue weighted by atomic mass is 35.5. The smallest absolute Gasteiger partial charge is 0.267 e. The van der Waals surface area contributed by atoms with E-state index in [2.05, 4.69) is 30.2 Å². The molecule has 0 fully saturated rings. The Bertz CT molecular complexity index is 1510. The molecule has 0 bridgehead atoms. The maximum atomic E-state index is 13.9. The fourth-order valence-electron chi connectivity index (χ4n) is 3.53. The molecular formula is C21H14ClF2N7O. The molecule has 0 unspecified atom stereocenters. The van der Waals surface area contributed by atoms with E-state index in [9.17, 15) is 13.6 Å². The average molecular weight is 454 g/mol. The molecule has 3 heterocycles. The van der Waals surface area contributed by atoms with Gasteiger partial charge < -0.3 is 10.3 Å². The summed E-state index contributed by atoms with van der Waals surface area (Å²) in [6.07, 6.45) is 3.14. The number of hydrogen-bond acceptors (Lipinski definition) is 6. The summed E-state index contributed by atoms with van der Waals surface area (Å²) < 4.78 is 29.0. The molecule has 0 aliphatic rings.